The van der Waals surface area contributed by atoms with Crippen molar-refractivity contribution in [1.29, 1.82) is 5.26 Å². The third-order valence-electron chi connectivity index (χ3n) is 6.14. The molecule has 8 nitrogen and oxygen atoms in total. The number of nitrogens with zero attached hydrogens (tertiary/aromatic N) is 5. The van der Waals surface area contributed by atoms with E-state index < -0.39 is 5.91 Å². The molecule has 9 heteroatoms. The van der Waals surface area contributed by atoms with E-state index in [9.17, 15) is 14.9 Å². The number of aromatic nitrogens is 3. The minimum absolute atomic E-state index is 0.111. The number of hydrogen-bond acceptors (Lipinski definition) is 5. The monoisotopic (exact) mass is 499 g/mol. The van der Waals surface area contributed by atoms with Gasteiger partial charge in [0.2, 0.25) is 0 Å². The highest BCUT2D eigenvalue weighted by molar-refractivity contribution is 6.30. The van der Waals surface area contributed by atoms with Crippen LogP contribution in [0.5, 0.6) is 0 Å². The molecule has 4 heterocycles. The minimum Gasteiger partial charge on any atom is -0.376 e. The number of aryl methyl sites for hydroxylation is 1. The number of carbonyl (C=O) groups is 1. The van der Waals surface area contributed by atoms with Gasteiger partial charge >= 0.3 is 0 Å². The summed E-state index contributed by atoms with van der Waals surface area (Å²) >= 11 is 5.92. The maximum absolute atomic E-state index is 13.4. The van der Waals surface area contributed by atoms with E-state index in [0.29, 0.717) is 29.5 Å². The fourth-order valence-electron chi connectivity index (χ4n) is 4.34. The number of benzene rings is 1. The predicted octanol–water partition coefficient (Wildman–Crippen LogP) is 3.80. The first-order chi connectivity index (χ1) is 17.4. The molecule has 1 atom stereocenters. The molecule has 1 unspecified atom stereocenters. The summed E-state index contributed by atoms with van der Waals surface area (Å²) in [5, 5.41) is 10.8. The zero-order valence-electron chi connectivity index (χ0n) is 19.5. The molecule has 0 N–H and O–H groups in total. The lowest BCUT2D eigenvalue weighted by molar-refractivity contribution is -0.113. The molecule has 0 bridgehead atoms. The van der Waals surface area contributed by atoms with E-state index >= 15 is 0 Å². The van der Waals surface area contributed by atoms with Crippen molar-refractivity contribution in [1.82, 2.24) is 14.0 Å². The summed E-state index contributed by atoms with van der Waals surface area (Å²) < 4.78 is 8.97. The van der Waals surface area contributed by atoms with Crippen molar-refractivity contribution in [3.63, 3.8) is 0 Å². The molecule has 1 aliphatic heterocycles. The summed E-state index contributed by atoms with van der Waals surface area (Å²) in [5.41, 5.74) is 2.43. The summed E-state index contributed by atoms with van der Waals surface area (Å²) in [5.74, 6) is -0.546. The van der Waals surface area contributed by atoms with Crippen LogP contribution in [0.25, 0.3) is 22.8 Å². The van der Waals surface area contributed by atoms with Gasteiger partial charge in [0.05, 0.1) is 23.6 Å². The van der Waals surface area contributed by atoms with Gasteiger partial charge in [0.25, 0.3) is 11.5 Å². The van der Waals surface area contributed by atoms with Crippen LogP contribution in [0.4, 0.5) is 0 Å². The van der Waals surface area contributed by atoms with Crippen molar-refractivity contribution in [3.05, 3.63) is 92.3 Å². The van der Waals surface area contributed by atoms with Crippen molar-refractivity contribution >= 4 is 40.3 Å². The molecule has 1 aliphatic rings. The van der Waals surface area contributed by atoms with Crippen molar-refractivity contribution in [2.45, 2.75) is 32.4 Å². The topological polar surface area (TPSA) is 102 Å². The first kappa shape index (κ1) is 23.7. The van der Waals surface area contributed by atoms with Crippen LogP contribution in [0.2, 0.25) is 5.02 Å². The predicted molar refractivity (Wildman–Crippen MR) is 136 cm³/mol. The Labute approximate surface area is 211 Å². The zero-order chi connectivity index (χ0) is 25.2. The van der Waals surface area contributed by atoms with E-state index in [4.69, 9.17) is 21.3 Å². The number of carbonyl (C=O) groups excluding carboxylic acids is 1. The molecule has 0 saturated carbocycles. The van der Waals surface area contributed by atoms with Crippen LogP contribution >= 0.6 is 11.6 Å². The van der Waals surface area contributed by atoms with E-state index in [-0.39, 0.29) is 28.1 Å². The molecule has 0 radical (unpaired) electrons. The van der Waals surface area contributed by atoms with Gasteiger partial charge in [-0.25, -0.2) is 4.98 Å². The fraction of sp³-hybridized carbons (Fsp3) is 0.222. The number of rotatable bonds is 4. The largest absolute Gasteiger partial charge is 0.376 e. The molecule has 1 amide bonds. The molecule has 180 valence electrons. The summed E-state index contributed by atoms with van der Waals surface area (Å²) in [6.07, 6.45) is 6.20. The average Bonchev–Trinajstić information content (AvgIpc) is 3.39. The normalized spacial score (nSPS) is 16.2. The van der Waals surface area contributed by atoms with E-state index in [1.807, 2.05) is 13.0 Å². The Bertz CT molecular complexity index is 1690. The second kappa shape index (κ2) is 9.90. The molecular weight excluding hydrogens is 478 g/mol. The fourth-order valence-corrected chi connectivity index (χ4v) is 4.46. The van der Waals surface area contributed by atoms with E-state index in [0.717, 1.165) is 24.0 Å². The molecule has 1 saturated heterocycles. The summed E-state index contributed by atoms with van der Waals surface area (Å²) in [6, 6.07) is 14.2. The van der Waals surface area contributed by atoms with Gasteiger partial charge in [-0.2, -0.15) is 10.3 Å². The minimum atomic E-state index is -0.546. The van der Waals surface area contributed by atoms with Crippen LogP contribution < -0.4 is 11.0 Å². The van der Waals surface area contributed by atoms with Crippen molar-refractivity contribution < 1.29 is 9.53 Å². The van der Waals surface area contributed by atoms with Gasteiger partial charge in [-0.15, -0.1) is 0 Å². The third kappa shape index (κ3) is 4.59. The molecule has 1 fully saturated rings. The Morgan fingerprint density at radius 3 is 2.83 bits per heavy atom. The molecular formula is C27H22ClN5O3. The van der Waals surface area contributed by atoms with Crippen molar-refractivity contribution in [2.24, 2.45) is 4.99 Å². The highest BCUT2D eigenvalue weighted by Crippen LogP contribution is 2.18. The van der Waals surface area contributed by atoms with Crippen LogP contribution in [0, 0.1) is 18.3 Å². The lowest BCUT2D eigenvalue weighted by Gasteiger charge is -2.17. The lowest BCUT2D eigenvalue weighted by Crippen LogP contribution is -2.32. The van der Waals surface area contributed by atoms with Gasteiger partial charge in [0, 0.05) is 23.9 Å². The van der Waals surface area contributed by atoms with Gasteiger partial charge in [-0.1, -0.05) is 29.8 Å². The van der Waals surface area contributed by atoms with Gasteiger partial charge < -0.3 is 9.30 Å². The Balaban J connectivity index is 1.73. The lowest BCUT2D eigenvalue weighted by atomic mass is 10.2. The van der Waals surface area contributed by atoms with Crippen LogP contribution in [-0.2, 0) is 16.1 Å². The Hall–Kier alpha value is -4.06. The Kier molecular flexibility index (Phi) is 6.51. The first-order valence-corrected chi connectivity index (χ1v) is 11.9. The van der Waals surface area contributed by atoms with E-state index in [1.165, 1.54) is 16.5 Å². The molecule has 4 aromatic rings. The van der Waals surface area contributed by atoms with Crippen LogP contribution in [0.1, 0.15) is 29.5 Å². The standard InChI is InChI=1S/C27H22ClN5O3/c1-17-4-2-12-32-24(17)31-26-22(27(32)35)14-19(15-29)25(33(26)16-21-5-3-13-36-21)30-23(34)11-8-18-6-9-20(28)10-7-18/h2,4,6-12,14,21H,3,5,13,16H2,1H3. The average molecular weight is 500 g/mol. The Morgan fingerprint density at radius 1 is 1.31 bits per heavy atom. The van der Waals surface area contributed by atoms with E-state index in [1.54, 1.807) is 47.2 Å². The van der Waals surface area contributed by atoms with Crippen molar-refractivity contribution in [2.75, 3.05) is 6.61 Å². The van der Waals surface area contributed by atoms with Crippen LogP contribution in [-0.4, -0.2) is 32.6 Å². The van der Waals surface area contributed by atoms with Gasteiger partial charge in [-0.05, 0) is 61.2 Å². The zero-order valence-corrected chi connectivity index (χ0v) is 20.3. The SMILES string of the molecule is Cc1cccn2c(=O)c3cc(C#N)c(=NC(=O)C=Cc4ccc(Cl)cc4)n(CC4CCCO4)c3nc12. The molecule has 0 aliphatic carbocycles. The third-order valence-corrected chi connectivity index (χ3v) is 6.39. The maximum atomic E-state index is 13.4. The number of fused-ring (bicyclic) bond motifs is 2. The van der Waals surface area contributed by atoms with Crippen LogP contribution in [0.3, 0.4) is 0 Å². The van der Waals surface area contributed by atoms with Crippen LogP contribution in [0.15, 0.2) is 64.5 Å². The number of nitriles is 1. The molecule has 0 spiro atoms. The second-order valence-electron chi connectivity index (χ2n) is 8.61. The number of ether oxygens (including phenoxy) is 1. The number of halogens is 1. The molecule has 5 rings (SSSR count). The van der Waals surface area contributed by atoms with Crippen molar-refractivity contribution in [3.8, 4) is 6.07 Å². The molecule has 36 heavy (non-hydrogen) atoms. The smallest absolute Gasteiger partial charge is 0.271 e. The van der Waals surface area contributed by atoms with E-state index in [2.05, 4.69) is 11.1 Å². The summed E-state index contributed by atoms with van der Waals surface area (Å²) in [7, 11) is 0. The second-order valence-corrected chi connectivity index (χ2v) is 9.05. The highest BCUT2D eigenvalue weighted by atomic mass is 35.5. The first-order valence-electron chi connectivity index (χ1n) is 11.5. The van der Waals surface area contributed by atoms with Gasteiger partial charge in [0.1, 0.15) is 17.4 Å². The molecule has 3 aromatic heterocycles. The maximum Gasteiger partial charge on any atom is 0.271 e. The van der Waals surface area contributed by atoms with Gasteiger partial charge in [-0.3, -0.25) is 14.0 Å². The number of amides is 1. The van der Waals surface area contributed by atoms with Gasteiger partial charge in [0.15, 0.2) is 5.49 Å². The number of pyridine rings is 2. The summed E-state index contributed by atoms with van der Waals surface area (Å²) in [4.78, 5) is 35.3. The summed E-state index contributed by atoms with van der Waals surface area (Å²) in [6.45, 7) is 2.82. The highest BCUT2D eigenvalue weighted by Gasteiger charge is 2.21. The molecule has 1 aromatic carbocycles. The Morgan fingerprint density at radius 2 is 2.11 bits per heavy atom. The number of hydrogen-bond donors (Lipinski definition) is 0. The quantitative estimate of drug-likeness (QED) is 0.314.